The van der Waals surface area contributed by atoms with Crippen LogP contribution < -0.4 is 11.2 Å². The fraction of sp³-hybridized carbons (Fsp3) is 0.444. The normalized spacial score (nSPS) is 24.9. The summed E-state index contributed by atoms with van der Waals surface area (Å²) >= 11 is 2.18. The summed E-state index contributed by atoms with van der Waals surface area (Å²) in [6.45, 7) is -0.585. The molecule has 1 fully saturated rings. The van der Waals surface area contributed by atoms with Crippen molar-refractivity contribution in [3.8, 4) is 0 Å². The standard InChI is InChI=1S/C18H24IN3O11P2/c1-21-14(20-31-8-11-2-4-12(19)5-3-11)6-7-22(18(21)25)17-16(24)15(23)13(33-17)9-32-35(29,30)10-34(26,27)28/h2-7,13,15-17,23-24H,8-10H2,1H3,(H,29,30)(H2,26,27,28)/b20-14-/t13-,15-,16-,17-/m1/s1. The van der Waals surface area contributed by atoms with Crippen LogP contribution in [0.5, 0.6) is 0 Å². The van der Waals surface area contributed by atoms with Gasteiger partial charge in [0.05, 0.1) is 6.61 Å². The Bertz CT molecular complexity index is 1260. The highest BCUT2D eigenvalue weighted by Crippen LogP contribution is 2.55. The first kappa shape index (κ1) is 28.2. The minimum atomic E-state index is -4.84. The molecule has 0 bridgehead atoms. The van der Waals surface area contributed by atoms with Crippen molar-refractivity contribution in [2.24, 2.45) is 12.2 Å². The van der Waals surface area contributed by atoms with Gasteiger partial charge < -0.3 is 39.0 Å². The number of nitrogens with zero attached hydrogens (tertiary/aromatic N) is 3. The molecule has 35 heavy (non-hydrogen) atoms. The van der Waals surface area contributed by atoms with Crippen LogP contribution in [0.15, 0.2) is 46.5 Å². The lowest BCUT2D eigenvalue weighted by Gasteiger charge is -2.19. The van der Waals surface area contributed by atoms with Crippen molar-refractivity contribution in [2.45, 2.75) is 31.1 Å². The second-order valence-electron chi connectivity index (χ2n) is 7.70. The molecule has 5 N–H and O–H groups in total. The van der Waals surface area contributed by atoms with Gasteiger partial charge in [0.15, 0.2) is 17.6 Å². The molecule has 0 spiro atoms. The van der Waals surface area contributed by atoms with Gasteiger partial charge >= 0.3 is 20.9 Å². The van der Waals surface area contributed by atoms with Gasteiger partial charge in [-0.15, -0.1) is 0 Å². The van der Waals surface area contributed by atoms with E-state index in [0.29, 0.717) is 0 Å². The van der Waals surface area contributed by atoms with Gasteiger partial charge in [0.1, 0.15) is 24.9 Å². The Kier molecular flexibility index (Phi) is 9.13. The number of halogens is 1. The van der Waals surface area contributed by atoms with Crippen molar-refractivity contribution in [1.82, 2.24) is 9.13 Å². The van der Waals surface area contributed by atoms with Crippen molar-refractivity contribution >= 4 is 37.8 Å². The molecule has 3 rings (SSSR count). The molecule has 0 amide bonds. The van der Waals surface area contributed by atoms with Gasteiger partial charge in [-0.2, -0.15) is 0 Å². The number of hydrogen-bond acceptors (Lipinski definition) is 9. The van der Waals surface area contributed by atoms with E-state index in [0.717, 1.165) is 18.3 Å². The van der Waals surface area contributed by atoms with Crippen LogP contribution in [-0.4, -0.2) is 64.8 Å². The maximum Gasteiger partial charge on any atom is 0.340 e. The fourth-order valence-corrected chi connectivity index (χ4v) is 6.12. The second-order valence-corrected chi connectivity index (χ2v) is 12.9. The summed E-state index contributed by atoms with van der Waals surface area (Å²) in [5.74, 6) is -1.42. The van der Waals surface area contributed by atoms with E-state index in [4.69, 9.17) is 19.4 Å². The second kappa shape index (κ2) is 11.3. The number of benzene rings is 1. The van der Waals surface area contributed by atoms with Crippen molar-refractivity contribution in [2.75, 3.05) is 12.5 Å². The van der Waals surface area contributed by atoms with E-state index >= 15 is 0 Å². The molecule has 1 saturated heterocycles. The highest BCUT2D eigenvalue weighted by Gasteiger charge is 2.45. The van der Waals surface area contributed by atoms with Gasteiger partial charge in [-0.1, -0.05) is 17.3 Å². The number of aliphatic hydroxyl groups is 2. The van der Waals surface area contributed by atoms with Crippen LogP contribution in [0.1, 0.15) is 11.8 Å². The van der Waals surface area contributed by atoms with Gasteiger partial charge in [0.25, 0.3) is 0 Å². The maximum atomic E-state index is 12.8. The monoisotopic (exact) mass is 647 g/mol. The minimum Gasteiger partial charge on any atom is -0.389 e. The zero-order valence-electron chi connectivity index (χ0n) is 18.2. The van der Waals surface area contributed by atoms with Crippen LogP contribution in [0.4, 0.5) is 0 Å². The Hall–Kier alpha value is -1.39. The highest BCUT2D eigenvalue weighted by atomic mass is 127. The molecule has 0 aliphatic carbocycles. The van der Waals surface area contributed by atoms with Crippen molar-refractivity contribution in [3.63, 3.8) is 0 Å². The smallest absolute Gasteiger partial charge is 0.340 e. The van der Waals surface area contributed by atoms with Gasteiger partial charge in [-0.05, 0) is 40.3 Å². The van der Waals surface area contributed by atoms with Crippen molar-refractivity contribution in [1.29, 1.82) is 0 Å². The first-order chi connectivity index (χ1) is 16.3. The molecule has 2 aromatic rings. The predicted molar refractivity (Wildman–Crippen MR) is 128 cm³/mol. The molecule has 5 atom stereocenters. The van der Waals surface area contributed by atoms with Crippen LogP contribution in [0.25, 0.3) is 0 Å². The third-order valence-electron chi connectivity index (χ3n) is 4.95. The average Bonchev–Trinajstić information content (AvgIpc) is 3.03. The van der Waals surface area contributed by atoms with E-state index in [9.17, 15) is 29.0 Å². The van der Waals surface area contributed by atoms with Crippen LogP contribution >= 0.6 is 37.8 Å². The summed E-state index contributed by atoms with van der Waals surface area (Å²) in [5.41, 5.74) is 0.378. The van der Waals surface area contributed by atoms with E-state index < -0.39 is 57.9 Å². The molecular weight excluding hydrogens is 623 g/mol. The minimum absolute atomic E-state index is 0.170. The zero-order chi connectivity index (χ0) is 26.0. The van der Waals surface area contributed by atoms with E-state index in [1.165, 1.54) is 19.3 Å². The molecule has 1 aliphatic heterocycles. The Balaban J connectivity index is 1.70. The predicted octanol–water partition coefficient (Wildman–Crippen LogP) is -0.220. The van der Waals surface area contributed by atoms with Gasteiger partial charge in [0, 0.05) is 22.9 Å². The summed E-state index contributed by atoms with van der Waals surface area (Å²) in [4.78, 5) is 45.4. The number of aliphatic hydroxyl groups excluding tert-OH is 2. The highest BCUT2D eigenvalue weighted by molar-refractivity contribution is 14.1. The zero-order valence-corrected chi connectivity index (χ0v) is 22.1. The molecule has 0 saturated carbocycles. The van der Waals surface area contributed by atoms with Gasteiger partial charge in [0.2, 0.25) is 0 Å². The Morgan fingerprint density at radius 2 is 1.77 bits per heavy atom. The molecule has 14 nitrogen and oxygen atoms in total. The molecule has 1 aliphatic rings. The Morgan fingerprint density at radius 1 is 1.11 bits per heavy atom. The topological polar surface area (TPSA) is 202 Å². The number of rotatable bonds is 9. The lowest BCUT2D eigenvalue weighted by molar-refractivity contribution is -0.0530. The van der Waals surface area contributed by atoms with Gasteiger partial charge in [-0.25, -0.2) is 4.79 Å². The SMILES string of the molecule is Cn1c(=O)n([C@@H]2O[C@H](COP(=O)(O)CP(=O)(O)O)[C@@H](O)[C@H]2O)cc/c1=N/OCc1ccc(I)cc1. The Morgan fingerprint density at radius 3 is 2.40 bits per heavy atom. The first-order valence-corrected chi connectivity index (χ1v) is 14.6. The molecule has 2 heterocycles. The molecule has 1 aromatic carbocycles. The van der Waals surface area contributed by atoms with E-state index in [1.54, 1.807) is 0 Å². The van der Waals surface area contributed by atoms with Gasteiger partial charge in [-0.3, -0.25) is 18.3 Å². The molecular formula is C18H24IN3O11P2. The fourth-order valence-electron chi connectivity index (χ4n) is 3.19. The number of hydrogen-bond donors (Lipinski definition) is 5. The summed E-state index contributed by atoms with van der Waals surface area (Å²) in [5, 5.41) is 24.5. The van der Waals surface area contributed by atoms with E-state index in [2.05, 4.69) is 32.3 Å². The number of aromatic nitrogens is 2. The molecule has 0 radical (unpaired) electrons. The van der Waals surface area contributed by atoms with E-state index in [-0.39, 0.29) is 12.1 Å². The molecule has 194 valence electrons. The number of ether oxygens (including phenoxy) is 1. The van der Waals surface area contributed by atoms with Crippen LogP contribution in [0, 0.1) is 3.57 Å². The summed E-state index contributed by atoms with van der Waals surface area (Å²) < 4.78 is 36.1. The van der Waals surface area contributed by atoms with Crippen molar-refractivity contribution in [3.05, 3.63) is 61.6 Å². The summed E-state index contributed by atoms with van der Waals surface area (Å²) in [6, 6.07) is 9.00. The maximum absolute atomic E-state index is 12.8. The third-order valence-corrected chi connectivity index (χ3v) is 9.13. The lowest BCUT2D eigenvalue weighted by atomic mass is 10.1. The van der Waals surface area contributed by atoms with Crippen molar-refractivity contribution < 1.29 is 48.1 Å². The first-order valence-electron chi connectivity index (χ1n) is 9.98. The molecule has 1 unspecified atom stereocenters. The Labute approximate surface area is 212 Å². The molecule has 1 aromatic heterocycles. The largest absolute Gasteiger partial charge is 0.389 e. The van der Waals surface area contributed by atoms with Crippen LogP contribution in [0.3, 0.4) is 0 Å². The lowest BCUT2D eigenvalue weighted by Crippen LogP contribution is -2.42. The summed E-state index contributed by atoms with van der Waals surface area (Å²) in [6.07, 6.45) is -4.69. The van der Waals surface area contributed by atoms with Crippen LogP contribution in [0.2, 0.25) is 0 Å². The average molecular weight is 647 g/mol. The quantitative estimate of drug-likeness (QED) is 0.137. The third kappa shape index (κ3) is 7.55. The molecule has 17 heteroatoms. The van der Waals surface area contributed by atoms with E-state index in [1.807, 2.05) is 24.3 Å². The summed E-state index contributed by atoms with van der Waals surface area (Å²) in [7, 11) is -8.13. The van der Waals surface area contributed by atoms with Crippen LogP contribution in [-0.2, 0) is 36.9 Å².